The van der Waals surface area contributed by atoms with E-state index in [9.17, 15) is 0 Å². The fourth-order valence-electron chi connectivity index (χ4n) is 6.97. The van der Waals surface area contributed by atoms with Gasteiger partial charge in [-0.3, -0.25) is 4.40 Å². The SMILES string of the molecule is Nc1c(OCC23CC4CC(CC(C4)C2)C3)c(C2=CCCC2)cn2cnnc12. The summed E-state index contributed by atoms with van der Waals surface area (Å²) in [6.45, 7) is 0.811. The number of hydrogen-bond donors (Lipinski definition) is 1. The lowest BCUT2D eigenvalue weighted by atomic mass is 9.50. The lowest BCUT2D eigenvalue weighted by Crippen LogP contribution is -2.48. The van der Waals surface area contributed by atoms with Crippen LogP contribution in [-0.4, -0.2) is 21.2 Å². The minimum Gasteiger partial charge on any atom is -0.490 e. The topological polar surface area (TPSA) is 65.4 Å². The minimum atomic E-state index is 0.377. The highest BCUT2D eigenvalue weighted by Gasteiger charge is 2.51. The maximum atomic E-state index is 6.60. The van der Waals surface area contributed by atoms with Gasteiger partial charge in [-0.15, -0.1) is 10.2 Å². The van der Waals surface area contributed by atoms with E-state index in [4.69, 9.17) is 10.5 Å². The Morgan fingerprint density at radius 2 is 1.89 bits per heavy atom. The number of rotatable bonds is 4. The van der Waals surface area contributed by atoms with E-state index in [2.05, 4.69) is 22.5 Å². The second kappa shape index (κ2) is 5.73. The highest BCUT2D eigenvalue weighted by molar-refractivity contribution is 5.82. The molecule has 2 heterocycles. The molecule has 0 amide bonds. The Morgan fingerprint density at radius 3 is 2.56 bits per heavy atom. The molecule has 4 fully saturated rings. The third-order valence-electron chi connectivity index (χ3n) is 7.65. The van der Waals surface area contributed by atoms with Crippen molar-refractivity contribution < 1.29 is 4.74 Å². The number of aromatic nitrogens is 3. The summed E-state index contributed by atoms with van der Waals surface area (Å²) in [5, 5.41) is 8.25. The zero-order valence-electron chi connectivity index (χ0n) is 15.9. The average molecular weight is 364 g/mol. The number of ether oxygens (including phenoxy) is 1. The lowest BCUT2D eigenvalue weighted by molar-refractivity contribution is -0.0744. The molecule has 2 N–H and O–H groups in total. The first-order chi connectivity index (χ1) is 13.2. The van der Waals surface area contributed by atoms with Crippen molar-refractivity contribution in [2.24, 2.45) is 23.2 Å². The number of anilines is 1. The summed E-state index contributed by atoms with van der Waals surface area (Å²) in [5.74, 6) is 3.66. The predicted molar refractivity (Wildman–Crippen MR) is 105 cm³/mol. The highest BCUT2D eigenvalue weighted by Crippen LogP contribution is 2.60. The minimum absolute atomic E-state index is 0.377. The number of hydrogen-bond acceptors (Lipinski definition) is 4. The van der Waals surface area contributed by atoms with Crippen molar-refractivity contribution in [1.82, 2.24) is 14.6 Å². The molecule has 5 aliphatic rings. The summed E-state index contributed by atoms with van der Waals surface area (Å²) >= 11 is 0. The van der Waals surface area contributed by atoms with Gasteiger partial charge in [-0.2, -0.15) is 0 Å². The van der Waals surface area contributed by atoms with Gasteiger partial charge in [0.15, 0.2) is 11.4 Å². The van der Waals surface area contributed by atoms with Crippen LogP contribution in [0.2, 0.25) is 0 Å². The Labute approximate surface area is 160 Å². The Bertz CT molecular complexity index is 892. The predicted octanol–water partition coefficient (Wildman–Crippen LogP) is 4.47. The Kier molecular flexibility index (Phi) is 3.39. The van der Waals surface area contributed by atoms with Crippen LogP contribution < -0.4 is 10.5 Å². The molecule has 0 unspecified atom stereocenters. The van der Waals surface area contributed by atoms with Crippen molar-refractivity contribution in [3.63, 3.8) is 0 Å². The van der Waals surface area contributed by atoms with Gasteiger partial charge in [0, 0.05) is 17.2 Å². The van der Waals surface area contributed by atoms with Gasteiger partial charge in [-0.05, 0) is 81.1 Å². The van der Waals surface area contributed by atoms with Crippen LogP contribution in [0, 0.1) is 23.2 Å². The van der Waals surface area contributed by atoms with Crippen molar-refractivity contribution in [3.05, 3.63) is 24.2 Å². The molecule has 0 radical (unpaired) electrons. The zero-order chi connectivity index (χ0) is 18.0. The summed E-state index contributed by atoms with van der Waals surface area (Å²) < 4.78 is 8.53. The molecule has 0 aliphatic heterocycles. The van der Waals surface area contributed by atoms with Crippen LogP contribution >= 0.6 is 0 Å². The van der Waals surface area contributed by atoms with Crippen LogP contribution in [-0.2, 0) is 0 Å². The van der Waals surface area contributed by atoms with E-state index in [1.54, 1.807) is 6.33 Å². The Morgan fingerprint density at radius 1 is 1.15 bits per heavy atom. The molecule has 0 atom stereocenters. The molecular formula is C22H28N4O. The monoisotopic (exact) mass is 364 g/mol. The smallest absolute Gasteiger partial charge is 0.187 e. The molecule has 5 nitrogen and oxygen atoms in total. The normalized spacial score (nSPS) is 34.4. The molecule has 142 valence electrons. The van der Waals surface area contributed by atoms with E-state index in [0.717, 1.165) is 48.5 Å². The van der Waals surface area contributed by atoms with Crippen molar-refractivity contribution in [3.8, 4) is 5.75 Å². The second-order valence-electron chi connectivity index (χ2n) is 9.68. The third-order valence-corrected chi connectivity index (χ3v) is 7.65. The van der Waals surface area contributed by atoms with Gasteiger partial charge < -0.3 is 10.5 Å². The number of nitrogens with two attached hydrogens (primary N) is 1. The third kappa shape index (κ3) is 2.50. The van der Waals surface area contributed by atoms with E-state index in [1.165, 1.54) is 50.5 Å². The van der Waals surface area contributed by atoms with E-state index >= 15 is 0 Å². The fourth-order valence-corrected chi connectivity index (χ4v) is 6.97. The molecule has 4 bridgehead atoms. The average Bonchev–Trinajstić information content (AvgIpc) is 3.31. The summed E-state index contributed by atoms with van der Waals surface area (Å²) in [5.41, 5.74) is 10.8. The largest absolute Gasteiger partial charge is 0.490 e. The van der Waals surface area contributed by atoms with Gasteiger partial charge in [0.2, 0.25) is 0 Å². The van der Waals surface area contributed by atoms with Gasteiger partial charge in [-0.1, -0.05) is 6.08 Å². The van der Waals surface area contributed by atoms with Gasteiger partial charge in [-0.25, -0.2) is 0 Å². The van der Waals surface area contributed by atoms with Crippen molar-refractivity contribution >= 4 is 16.9 Å². The number of nitrogens with zero attached hydrogens (tertiary/aromatic N) is 3. The molecule has 0 aromatic carbocycles. The number of pyridine rings is 1. The fraction of sp³-hybridized carbons (Fsp3) is 0.636. The Balaban J connectivity index is 1.35. The Hall–Kier alpha value is -2.04. The molecule has 5 aliphatic carbocycles. The van der Waals surface area contributed by atoms with E-state index in [1.807, 2.05) is 4.40 Å². The van der Waals surface area contributed by atoms with E-state index < -0.39 is 0 Å². The molecule has 4 saturated carbocycles. The zero-order valence-corrected chi connectivity index (χ0v) is 15.9. The van der Waals surface area contributed by atoms with Crippen LogP contribution in [0.15, 0.2) is 18.6 Å². The first kappa shape index (κ1) is 16.0. The van der Waals surface area contributed by atoms with Crippen LogP contribution in [0.25, 0.3) is 11.2 Å². The summed E-state index contributed by atoms with van der Waals surface area (Å²) in [7, 11) is 0. The second-order valence-corrected chi connectivity index (χ2v) is 9.68. The number of nitrogen functional groups attached to an aromatic ring is 1. The van der Waals surface area contributed by atoms with E-state index in [0.29, 0.717) is 16.7 Å². The van der Waals surface area contributed by atoms with Gasteiger partial charge in [0.05, 0.1) is 6.61 Å². The van der Waals surface area contributed by atoms with Crippen LogP contribution in [0.3, 0.4) is 0 Å². The standard InChI is InChI=1S/C22H28N4O/c23-19-20(18(17-3-1-2-4-17)11-26-13-24-25-21(19)26)27-12-22-8-14-5-15(9-22)7-16(6-14)10-22/h3,11,13-16H,1-2,4-10,12,23H2. The first-order valence-corrected chi connectivity index (χ1v) is 10.6. The van der Waals surface area contributed by atoms with Gasteiger partial charge in [0.1, 0.15) is 12.0 Å². The maximum absolute atomic E-state index is 6.60. The van der Waals surface area contributed by atoms with Crippen LogP contribution in [0.1, 0.15) is 63.4 Å². The molecule has 0 saturated heterocycles. The molecule has 2 aromatic rings. The molecule has 27 heavy (non-hydrogen) atoms. The van der Waals surface area contributed by atoms with Crippen LogP contribution in [0.4, 0.5) is 5.69 Å². The molecule has 7 rings (SSSR count). The molecule has 2 aromatic heterocycles. The molecule has 5 heteroatoms. The van der Waals surface area contributed by atoms with Crippen LogP contribution in [0.5, 0.6) is 5.75 Å². The highest BCUT2D eigenvalue weighted by atomic mass is 16.5. The number of fused-ring (bicyclic) bond motifs is 1. The number of allylic oxidation sites excluding steroid dienone is 2. The summed E-state index contributed by atoms with van der Waals surface area (Å²) in [4.78, 5) is 0. The maximum Gasteiger partial charge on any atom is 0.187 e. The lowest BCUT2D eigenvalue weighted by Gasteiger charge is -2.56. The van der Waals surface area contributed by atoms with E-state index in [-0.39, 0.29) is 0 Å². The quantitative estimate of drug-likeness (QED) is 0.869. The summed E-state index contributed by atoms with van der Waals surface area (Å²) in [6, 6.07) is 0. The first-order valence-electron chi connectivity index (χ1n) is 10.6. The molecular weight excluding hydrogens is 336 g/mol. The van der Waals surface area contributed by atoms with Gasteiger partial charge >= 0.3 is 0 Å². The van der Waals surface area contributed by atoms with Gasteiger partial charge in [0.25, 0.3) is 0 Å². The van der Waals surface area contributed by atoms with Crippen molar-refractivity contribution in [2.45, 2.75) is 57.8 Å². The van der Waals surface area contributed by atoms with Crippen molar-refractivity contribution in [1.29, 1.82) is 0 Å². The summed E-state index contributed by atoms with van der Waals surface area (Å²) in [6.07, 6.45) is 18.1. The molecule has 0 spiro atoms. The van der Waals surface area contributed by atoms with Crippen molar-refractivity contribution in [2.75, 3.05) is 12.3 Å².